The molecule has 9 nitrogen and oxygen atoms in total. The van der Waals surface area contributed by atoms with Crippen molar-refractivity contribution in [2.45, 2.75) is 73.1 Å². The molecule has 2 saturated heterocycles. The van der Waals surface area contributed by atoms with E-state index in [1.165, 1.54) is 27.8 Å². The van der Waals surface area contributed by atoms with E-state index < -0.39 is 5.60 Å². The fraction of sp³-hybridized carbons (Fsp3) is 0.413. The highest BCUT2D eigenvalue weighted by Crippen LogP contribution is 2.24. The van der Waals surface area contributed by atoms with Crippen LogP contribution >= 0.6 is 0 Å². The molecule has 55 heavy (non-hydrogen) atoms. The lowest BCUT2D eigenvalue weighted by atomic mass is 9.99. The van der Waals surface area contributed by atoms with Gasteiger partial charge in [-0.25, -0.2) is 9.59 Å². The topological polar surface area (TPSA) is 91.4 Å². The minimum absolute atomic E-state index is 0.200. The van der Waals surface area contributed by atoms with Crippen LogP contribution < -0.4 is 5.32 Å². The summed E-state index contributed by atoms with van der Waals surface area (Å²) in [7, 11) is 0. The first-order valence-corrected chi connectivity index (χ1v) is 19.3. The number of piperazine rings is 2. The van der Waals surface area contributed by atoms with Gasteiger partial charge in [0.15, 0.2) is 0 Å². The molecule has 2 heterocycles. The molecule has 0 saturated carbocycles. The predicted molar refractivity (Wildman–Crippen MR) is 222 cm³/mol. The zero-order chi connectivity index (χ0) is 40.0. The summed E-state index contributed by atoms with van der Waals surface area (Å²) in [6.07, 6.45) is 0.490. The second-order valence-electron chi connectivity index (χ2n) is 16.0. The standard InChI is InChI=1S/C23H30N2O2.C14H12O.C9H18N2O2/c1-18-16-20(19-8-6-5-7-9-19)10-11-21(18)17-24-12-14-25(15-13-24)22(26)27-23(2,3)4;1-11-9-13(7-8-14(11)10-15)12-5-3-2-4-6-12;1-9(2,3)13-8(12)11-6-4-10-5-7-11/h5-11,16H,12-15,17H2,1-4H3;2-10H,1H3;10H,4-7H2,1-3H3. The smallest absolute Gasteiger partial charge is 0.410 e. The molecule has 1 N–H and O–H groups in total. The molecule has 9 heteroatoms. The van der Waals surface area contributed by atoms with Gasteiger partial charge < -0.3 is 24.6 Å². The largest absolute Gasteiger partial charge is 0.444 e. The second-order valence-corrected chi connectivity index (χ2v) is 16.0. The van der Waals surface area contributed by atoms with Crippen molar-refractivity contribution in [1.82, 2.24) is 20.0 Å². The van der Waals surface area contributed by atoms with Crippen molar-refractivity contribution in [1.29, 1.82) is 0 Å². The number of nitrogens with zero attached hydrogens (tertiary/aromatic N) is 3. The number of carbonyl (C=O) groups is 3. The number of aryl methyl sites for hydroxylation is 2. The minimum Gasteiger partial charge on any atom is -0.444 e. The molecule has 0 radical (unpaired) electrons. The van der Waals surface area contributed by atoms with Crippen LogP contribution in [0.5, 0.6) is 0 Å². The number of nitrogens with one attached hydrogen (secondary N) is 1. The maximum atomic E-state index is 12.2. The molecule has 2 aliphatic heterocycles. The fourth-order valence-corrected chi connectivity index (χ4v) is 6.13. The Kier molecular flexibility index (Phi) is 15.6. The highest BCUT2D eigenvalue weighted by molar-refractivity contribution is 5.79. The van der Waals surface area contributed by atoms with Gasteiger partial charge in [-0.05, 0) is 94.3 Å². The lowest BCUT2D eigenvalue weighted by molar-refractivity contribution is 0.0137. The zero-order valence-electron chi connectivity index (χ0n) is 34.1. The van der Waals surface area contributed by atoms with E-state index in [1.54, 1.807) is 4.90 Å². The number of carbonyl (C=O) groups excluding carboxylic acids is 3. The van der Waals surface area contributed by atoms with E-state index in [4.69, 9.17) is 9.47 Å². The lowest BCUT2D eigenvalue weighted by Gasteiger charge is -2.35. The highest BCUT2D eigenvalue weighted by Gasteiger charge is 2.26. The number of benzene rings is 4. The summed E-state index contributed by atoms with van der Waals surface area (Å²) in [5, 5.41) is 3.18. The molecule has 6 rings (SSSR count). The Hall–Kier alpha value is -4.99. The third-order valence-electron chi connectivity index (χ3n) is 9.14. The van der Waals surface area contributed by atoms with Crippen LogP contribution in [0.1, 0.15) is 68.6 Å². The summed E-state index contributed by atoms with van der Waals surface area (Å²) in [6, 6.07) is 33.2. The Morgan fingerprint density at radius 3 is 1.49 bits per heavy atom. The SMILES string of the molecule is CC(C)(C)OC(=O)N1CCNCC1.Cc1cc(-c2ccccc2)ccc1C=O.Cc1cc(-c2ccccc2)ccc1CN1CCN(C(=O)OC(C)(C)C)CC1. The molecule has 0 unspecified atom stereocenters. The van der Waals surface area contributed by atoms with E-state index in [0.717, 1.165) is 81.9 Å². The molecule has 2 fully saturated rings. The summed E-state index contributed by atoms with van der Waals surface area (Å²) in [6.45, 7) is 22.8. The van der Waals surface area contributed by atoms with E-state index in [-0.39, 0.29) is 17.8 Å². The third kappa shape index (κ3) is 14.3. The average Bonchev–Trinajstić information content (AvgIpc) is 3.16. The summed E-state index contributed by atoms with van der Waals surface area (Å²) < 4.78 is 10.7. The molecule has 2 amide bonds. The van der Waals surface area contributed by atoms with E-state index >= 15 is 0 Å². The molecule has 0 bridgehead atoms. The van der Waals surface area contributed by atoms with Crippen molar-refractivity contribution in [2.24, 2.45) is 0 Å². The van der Waals surface area contributed by atoms with E-state index in [1.807, 2.05) is 95.8 Å². The fourth-order valence-electron chi connectivity index (χ4n) is 6.13. The molecule has 0 aliphatic carbocycles. The third-order valence-corrected chi connectivity index (χ3v) is 9.14. The van der Waals surface area contributed by atoms with Crippen molar-refractivity contribution in [2.75, 3.05) is 52.4 Å². The summed E-state index contributed by atoms with van der Waals surface area (Å²) in [4.78, 5) is 40.3. The first-order valence-electron chi connectivity index (χ1n) is 19.3. The van der Waals surface area contributed by atoms with Crippen LogP contribution in [0.4, 0.5) is 9.59 Å². The normalized spacial score (nSPS) is 14.8. The number of rotatable bonds is 5. The van der Waals surface area contributed by atoms with Crippen molar-refractivity contribution in [3.8, 4) is 22.3 Å². The Bertz CT molecular complexity index is 1820. The van der Waals surface area contributed by atoms with Crippen LogP contribution in [-0.4, -0.2) is 96.7 Å². The molecular formula is C46H60N4O5. The summed E-state index contributed by atoms with van der Waals surface area (Å²) >= 11 is 0. The van der Waals surface area contributed by atoms with Crippen molar-refractivity contribution >= 4 is 18.5 Å². The molecule has 4 aromatic rings. The summed E-state index contributed by atoms with van der Waals surface area (Å²) in [5.41, 5.74) is 8.45. The van der Waals surface area contributed by atoms with Crippen molar-refractivity contribution < 1.29 is 23.9 Å². The highest BCUT2D eigenvalue weighted by atomic mass is 16.6. The van der Waals surface area contributed by atoms with Crippen LogP contribution in [0.25, 0.3) is 22.3 Å². The van der Waals surface area contributed by atoms with Gasteiger partial charge in [0.25, 0.3) is 0 Å². The Morgan fingerprint density at radius 2 is 1.05 bits per heavy atom. The van der Waals surface area contributed by atoms with Gasteiger partial charge in [-0.1, -0.05) is 97.1 Å². The Morgan fingerprint density at radius 1 is 0.600 bits per heavy atom. The first-order chi connectivity index (χ1) is 26.1. The van der Waals surface area contributed by atoms with Gasteiger partial charge in [-0.2, -0.15) is 0 Å². The van der Waals surface area contributed by atoms with Crippen LogP contribution in [-0.2, 0) is 16.0 Å². The van der Waals surface area contributed by atoms with Crippen molar-refractivity contribution in [3.05, 3.63) is 119 Å². The number of aldehydes is 1. The maximum absolute atomic E-state index is 12.2. The zero-order valence-corrected chi connectivity index (χ0v) is 34.1. The van der Waals surface area contributed by atoms with Gasteiger partial charge in [-0.3, -0.25) is 9.69 Å². The number of hydrogen-bond donors (Lipinski definition) is 1. The number of amides is 2. The van der Waals surface area contributed by atoms with Gasteiger partial charge in [0.2, 0.25) is 0 Å². The van der Waals surface area contributed by atoms with Crippen LogP contribution in [0.2, 0.25) is 0 Å². The second kappa shape index (κ2) is 20.1. The Labute approximate surface area is 328 Å². The molecular weight excluding hydrogens is 689 g/mol. The molecule has 2 aliphatic rings. The molecule has 0 aromatic heterocycles. The monoisotopic (exact) mass is 748 g/mol. The number of ether oxygens (including phenoxy) is 2. The molecule has 0 spiro atoms. The Balaban J connectivity index is 0.000000202. The number of hydrogen-bond acceptors (Lipinski definition) is 7. The van der Waals surface area contributed by atoms with Crippen molar-refractivity contribution in [3.63, 3.8) is 0 Å². The quantitative estimate of drug-likeness (QED) is 0.204. The molecule has 4 aromatic carbocycles. The first kappa shape index (κ1) is 42.7. The van der Waals surface area contributed by atoms with Crippen LogP contribution in [0.15, 0.2) is 97.1 Å². The predicted octanol–water partition coefficient (Wildman–Crippen LogP) is 9.02. The maximum Gasteiger partial charge on any atom is 0.410 e. The minimum atomic E-state index is -0.439. The van der Waals surface area contributed by atoms with Gasteiger partial charge in [0.1, 0.15) is 17.5 Å². The summed E-state index contributed by atoms with van der Waals surface area (Å²) in [5.74, 6) is 0. The molecule has 0 atom stereocenters. The van der Waals surface area contributed by atoms with E-state index in [9.17, 15) is 14.4 Å². The average molecular weight is 749 g/mol. The van der Waals surface area contributed by atoms with E-state index in [0.29, 0.717) is 0 Å². The lowest BCUT2D eigenvalue weighted by Crippen LogP contribution is -2.49. The van der Waals surface area contributed by atoms with Gasteiger partial charge in [-0.15, -0.1) is 0 Å². The van der Waals surface area contributed by atoms with E-state index in [2.05, 4.69) is 71.7 Å². The van der Waals surface area contributed by atoms with Crippen LogP contribution in [0.3, 0.4) is 0 Å². The van der Waals surface area contributed by atoms with Gasteiger partial charge in [0, 0.05) is 64.5 Å². The van der Waals surface area contributed by atoms with Gasteiger partial charge in [0.05, 0.1) is 0 Å². The van der Waals surface area contributed by atoms with Crippen LogP contribution in [0, 0.1) is 13.8 Å². The molecule has 294 valence electrons. The van der Waals surface area contributed by atoms with Gasteiger partial charge >= 0.3 is 12.2 Å².